The molecule has 1 atom stereocenters. The molecule has 28 heavy (non-hydrogen) atoms. The summed E-state index contributed by atoms with van der Waals surface area (Å²) in [5, 5.41) is 5.27. The lowest BCUT2D eigenvalue weighted by atomic mass is 10.0. The van der Waals surface area contributed by atoms with Crippen LogP contribution in [0.5, 0.6) is 0 Å². The third kappa shape index (κ3) is 6.23. The second-order valence-corrected chi connectivity index (χ2v) is 6.77. The summed E-state index contributed by atoms with van der Waals surface area (Å²) in [6, 6.07) is 14.7. The minimum atomic E-state index is -0.862. The van der Waals surface area contributed by atoms with Crippen molar-refractivity contribution in [2.45, 2.75) is 33.2 Å². The smallest absolute Gasteiger partial charge is 0.329 e. The van der Waals surface area contributed by atoms with Crippen molar-refractivity contribution < 1.29 is 19.1 Å². The number of benzene rings is 2. The van der Waals surface area contributed by atoms with Crippen molar-refractivity contribution in [3.05, 3.63) is 65.7 Å². The Bertz CT molecular complexity index is 801. The first-order valence-corrected chi connectivity index (χ1v) is 9.32. The number of amides is 2. The van der Waals surface area contributed by atoms with Crippen LogP contribution in [0.4, 0.5) is 10.5 Å². The van der Waals surface area contributed by atoms with Gasteiger partial charge in [0.15, 0.2) is 12.4 Å². The summed E-state index contributed by atoms with van der Waals surface area (Å²) in [7, 11) is 0. The zero-order chi connectivity index (χ0) is 20.5. The molecule has 0 heterocycles. The number of ether oxygens (including phenoxy) is 1. The molecule has 0 saturated heterocycles. The summed E-state index contributed by atoms with van der Waals surface area (Å²) >= 11 is 0. The standard InChI is InChI=1S/C22H26N2O4/c1-4-16-10-12-17(13-11-16)19(25)14-28-21(26)20(15(2)3)24-22(27)23-18-8-6-5-7-9-18/h5-13,15,20H,4,14H2,1-3H3,(H2,23,24,27)/t20-/m0/s1. The number of Topliss-reactive ketones (excluding diaryl/α,β-unsaturated/α-hetero) is 1. The zero-order valence-corrected chi connectivity index (χ0v) is 16.4. The number of ketones is 1. The van der Waals surface area contributed by atoms with E-state index in [0.717, 1.165) is 12.0 Å². The number of nitrogens with one attached hydrogen (secondary N) is 2. The molecule has 0 radical (unpaired) electrons. The first-order valence-electron chi connectivity index (χ1n) is 9.32. The van der Waals surface area contributed by atoms with Crippen LogP contribution in [0.2, 0.25) is 0 Å². The number of hydrogen-bond acceptors (Lipinski definition) is 4. The van der Waals surface area contributed by atoms with Gasteiger partial charge in [-0.05, 0) is 30.0 Å². The van der Waals surface area contributed by atoms with Crippen LogP contribution in [-0.4, -0.2) is 30.4 Å². The first-order chi connectivity index (χ1) is 13.4. The number of para-hydroxylation sites is 1. The van der Waals surface area contributed by atoms with Gasteiger partial charge >= 0.3 is 12.0 Å². The topological polar surface area (TPSA) is 84.5 Å². The van der Waals surface area contributed by atoms with Gasteiger partial charge in [-0.2, -0.15) is 0 Å². The quantitative estimate of drug-likeness (QED) is 0.537. The molecule has 6 heteroatoms. The average molecular weight is 382 g/mol. The van der Waals surface area contributed by atoms with Gasteiger partial charge in [0.05, 0.1) is 0 Å². The summed E-state index contributed by atoms with van der Waals surface area (Å²) in [4.78, 5) is 36.8. The Balaban J connectivity index is 1.90. The Kier molecular flexibility index (Phi) is 7.75. The largest absolute Gasteiger partial charge is 0.456 e. The average Bonchev–Trinajstić information content (AvgIpc) is 2.70. The molecule has 2 N–H and O–H groups in total. The first kappa shape index (κ1) is 21.2. The second kappa shape index (κ2) is 10.3. The monoisotopic (exact) mass is 382 g/mol. The number of hydrogen-bond donors (Lipinski definition) is 2. The van der Waals surface area contributed by atoms with Gasteiger partial charge in [0.25, 0.3) is 0 Å². The van der Waals surface area contributed by atoms with Crippen molar-refractivity contribution in [3.63, 3.8) is 0 Å². The maximum absolute atomic E-state index is 12.4. The van der Waals surface area contributed by atoms with E-state index in [2.05, 4.69) is 10.6 Å². The van der Waals surface area contributed by atoms with Gasteiger partial charge in [-0.25, -0.2) is 9.59 Å². The SMILES string of the molecule is CCc1ccc(C(=O)COC(=O)[C@@H](NC(=O)Nc2ccccc2)C(C)C)cc1. The van der Waals surface area contributed by atoms with Crippen LogP contribution in [0.1, 0.15) is 36.7 Å². The fraction of sp³-hybridized carbons (Fsp3) is 0.318. The van der Waals surface area contributed by atoms with Crippen LogP contribution in [0.25, 0.3) is 0 Å². The highest BCUT2D eigenvalue weighted by Gasteiger charge is 2.26. The fourth-order valence-corrected chi connectivity index (χ4v) is 2.56. The minimum absolute atomic E-state index is 0.201. The number of carbonyl (C=O) groups excluding carboxylic acids is 3. The molecule has 148 valence electrons. The van der Waals surface area contributed by atoms with E-state index in [0.29, 0.717) is 11.3 Å². The molecule has 0 unspecified atom stereocenters. The predicted octanol–water partition coefficient (Wildman–Crippen LogP) is 3.82. The molecule has 0 bridgehead atoms. The van der Waals surface area contributed by atoms with Gasteiger partial charge in [-0.1, -0.05) is 63.2 Å². The zero-order valence-electron chi connectivity index (χ0n) is 16.4. The summed E-state index contributed by atoms with van der Waals surface area (Å²) in [6.45, 7) is 5.25. The van der Waals surface area contributed by atoms with E-state index in [1.165, 1.54) is 0 Å². The van der Waals surface area contributed by atoms with Crippen molar-refractivity contribution in [2.24, 2.45) is 5.92 Å². The molecular weight excluding hydrogens is 356 g/mol. The minimum Gasteiger partial charge on any atom is -0.456 e. The molecule has 0 aliphatic carbocycles. The van der Waals surface area contributed by atoms with E-state index in [-0.39, 0.29) is 18.3 Å². The number of carbonyl (C=O) groups is 3. The Morgan fingerprint density at radius 1 is 0.964 bits per heavy atom. The van der Waals surface area contributed by atoms with Crippen LogP contribution in [-0.2, 0) is 16.0 Å². The molecule has 6 nitrogen and oxygen atoms in total. The van der Waals surface area contributed by atoms with Crippen LogP contribution in [0.3, 0.4) is 0 Å². The van der Waals surface area contributed by atoms with Gasteiger partial charge in [0.2, 0.25) is 0 Å². The molecule has 0 aliphatic rings. The Morgan fingerprint density at radius 2 is 1.61 bits per heavy atom. The van der Waals surface area contributed by atoms with Crippen LogP contribution < -0.4 is 10.6 Å². The number of urea groups is 1. The third-order valence-electron chi connectivity index (χ3n) is 4.27. The molecule has 0 saturated carbocycles. The Labute approximate surface area is 165 Å². The highest BCUT2D eigenvalue weighted by atomic mass is 16.5. The molecule has 0 aromatic heterocycles. The number of rotatable bonds is 8. The van der Waals surface area contributed by atoms with Crippen molar-refractivity contribution in [2.75, 3.05) is 11.9 Å². The summed E-state index contributed by atoms with van der Waals surface area (Å²) in [6.07, 6.45) is 0.885. The third-order valence-corrected chi connectivity index (χ3v) is 4.27. The lowest BCUT2D eigenvalue weighted by Gasteiger charge is -2.21. The maximum Gasteiger partial charge on any atom is 0.329 e. The summed E-state index contributed by atoms with van der Waals surface area (Å²) in [5.74, 6) is -1.13. The van der Waals surface area contributed by atoms with E-state index in [4.69, 9.17) is 4.74 Å². The molecule has 2 amide bonds. The Morgan fingerprint density at radius 3 is 2.18 bits per heavy atom. The van der Waals surface area contributed by atoms with Crippen molar-refractivity contribution in [3.8, 4) is 0 Å². The van der Waals surface area contributed by atoms with Crippen molar-refractivity contribution in [1.82, 2.24) is 5.32 Å². The normalized spacial score (nSPS) is 11.6. The summed E-state index contributed by atoms with van der Waals surface area (Å²) < 4.78 is 5.16. The van der Waals surface area contributed by atoms with Crippen molar-refractivity contribution >= 4 is 23.5 Å². The molecule has 2 aromatic carbocycles. The molecule has 0 fully saturated rings. The number of aryl methyl sites for hydroxylation is 1. The van der Waals surface area contributed by atoms with E-state index in [1.807, 2.05) is 25.1 Å². The van der Waals surface area contributed by atoms with Gasteiger partial charge in [-0.15, -0.1) is 0 Å². The van der Waals surface area contributed by atoms with Gasteiger partial charge in [-0.3, -0.25) is 4.79 Å². The van der Waals surface area contributed by atoms with Crippen LogP contribution >= 0.6 is 0 Å². The van der Waals surface area contributed by atoms with E-state index < -0.39 is 18.0 Å². The van der Waals surface area contributed by atoms with Crippen LogP contribution in [0.15, 0.2) is 54.6 Å². The van der Waals surface area contributed by atoms with Crippen molar-refractivity contribution in [1.29, 1.82) is 0 Å². The predicted molar refractivity (Wildman–Crippen MR) is 108 cm³/mol. The number of anilines is 1. The second-order valence-electron chi connectivity index (χ2n) is 6.77. The molecule has 0 aliphatic heterocycles. The highest BCUT2D eigenvalue weighted by molar-refractivity contribution is 5.98. The van der Waals surface area contributed by atoms with E-state index in [1.54, 1.807) is 50.2 Å². The van der Waals surface area contributed by atoms with Gasteiger partial charge in [0, 0.05) is 11.3 Å². The highest BCUT2D eigenvalue weighted by Crippen LogP contribution is 2.09. The fourth-order valence-electron chi connectivity index (χ4n) is 2.56. The Hall–Kier alpha value is -3.15. The van der Waals surface area contributed by atoms with Crippen LogP contribution in [0, 0.1) is 5.92 Å². The van der Waals surface area contributed by atoms with E-state index in [9.17, 15) is 14.4 Å². The molecular formula is C22H26N2O4. The van der Waals surface area contributed by atoms with E-state index >= 15 is 0 Å². The maximum atomic E-state index is 12.4. The molecule has 0 spiro atoms. The number of esters is 1. The lowest BCUT2D eigenvalue weighted by Crippen LogP contribution is -2.47. The molecule has 2 rings (SSSR count). The molecule has 2 aromatic rings. The summed E-state index contributed by atoms with van der Waals surface area (Å²) in [5.41, 5.74) is 2.23. The lowest BCUT2D eigenvalue weighted by molar-refractivity contribution is -0.145. The van der Waals surface area contributed by atoms with Gasteiger partial charge < -0.3 is 15.4 Å². The van der Waals surface area contributed by atoms with Gasteiger partial charge in [0.1, 0.15) is 6.04 Å².